The lowest BCUT2D eigenvalue weighted by atomic mass is 10.0. The Bertz CT molecular complexity index is 1400. The Morgan fingerprint density at radius 3 is 2.38 bits per heavy atom. The monoisotopic (exact) mass is 429 g/mol. The maximum Gasteiger partial charge on any atom is 0.332 e. The molecule has 0 saturated carbocycles. The number of rotatable bonds is 5. The predicted octanol–water partition coefficient (Wildman–Crippen LogP) is 2.92. The number of nitrogens with one attached hydrogen (secondary N) is 1. The van der Waals surface area contributed by atoms with Gasteiger partial charge in [-0.05, 0) is 23.6 Å². The lowest BCUT2D eigenvalue weighted by Gasteiger charge is -2.12. The molecule has 0 saturated heterocycles. The van der Waals surface area contributed by atoms with Crippen LogP contribution in [-0.4, -0.2) is 25.0 Å². The van der Waals surface area contributed by atoms with Crippen LogP contribution in [0.15, 0.2) is 70.4 Å². The molecule has 2 aromatic heterocycles. The van der Waals surface area contributed by atoms with Crippen LogP contribution in [-0.2, 0) is 18.4 Å². The summed E-state index contributed by atoms with van der Waals surface area (Å²) in [7, 11) is 1.52. The summed E-state index contributed by atoms with van der Waals surface area (Å²) in [5.41, 5.74) is 1.51. The molecule has 1 amide bonds. The number of nitrogens with zero attached hydrogens (tertiary/aromatic N) is 4. The number of hydrogen-bond acceptors (Lipinski definition) is 5. The highest BCUT2D eigenvalue weighted by Crippen LogP contribution is 2.17. The van der Waals surface area contributed by atoms with Gasteiger partial charge in [0.2, 0.25) is 5.91 Å². The highest BCUT2D eigenvalue weighted by atomic mass is 16.2. The molecule has 4 rings (SSSR count). The van der Waals surface area contributed by atoms with Crippen LogP contribution in [0.2, 0.25) is 0 Å². The largest absolute Gasteiger partial charge is 0.332 e. The van der Waals surface area contributed by atoms with E-state index in [-0.39, 0.29) is 11.0 Å². The molecule has 0 aliphatic heterocycles. The van der Waals surface area contributed by atoms with Crippen LogP contribution in [0.4, 0.5) is 5.69 Å². The van der Waals surface area contributed by atoms with Crippen molar-refractivity contribution in [3.63, 3.8) is 0 Å². The van der Waals surface area contributed by atoms with Crippen LogP contribution in [0.3, 0.4) is 0 Å². The molecule has 0 fully saturated rings. The van der Waals surface area contributed by atoms with Gasteiger partial charge in [-0.15, -0.1) is 0 Å². The first-order valence-electron chi connectivity index (χ1n) is 10.3. The number of aromatic nitrogens is 4. The first-order chi connectivity index (χ1) is 15.3. The molecule has 0 atom stereocenters. The number of anilines is 1. The van der Waals surface area contributed by atoms with Gasteiger partial charge in [-0.25, -0.2) is 14.8 Å². The Morgan fingerprint density at radius 2 is 1.72 bits per heavy atom. The molecule has 2 aromatic carbocycles. The minimum absolute atomic E-state index is 0.167. The molecule has 8 nitrogen and oxygen atoms in total. The highest BCUT2D eigenvalue weighted by molar-refractivity contribution is 5.90. The third-order valence-corrected chi connectivity index (χ3v) is 5.27. The van der Waals surface area contributed by atoms with Crippen molar-refractivity contribution in [3.8, 4) is 11.4 Å². The molecule has 0 radical (unpaired) electrons. The molecule has 32 heavy (non-hydrogen) atoms. The van der Waals surface area contributed by atoms with E-state index in [2.05, 4.69) is 29.1 Å². The van der Waals surface area contributed by atoms with E-state index in [1.54, 1.807) is 12.1 Å². The van der Waals surface area contributed by atoms with Crippen molar-refractivity contribution in [1.29, 1.82) is 0 Å². The van der Waals surface area contributed by atoms with E-state index in [9.17, 15) is 14.4 Å². The Kier molecular flexibility index (Phi) is 5.68. The quantitative estimate of drug-likeness (QED) is 0.526. The van der Waals surface area contributed by atoms with E-state index in [0.717, 1.165) is 15.7 Å². The van der Waals surface area contributed by atoms with Gasteiger partial charge in [0, 0.05) is 24.5 Å². The topological polar surface area (TPSA) is 98.9 Å². The molecule has 1 N–H and O–H groups in total. The summed E-state index contributed by atoms with van der Waals surface area (Å²) in [4.78, 5) is 47.0. The van der Waals surface area contributed by atoms with Gasteiger partial charge in [-0.3, -0.25) is 18.7 Å². The predicted molar refractivity (Wildman–Crippen MR) is 124 cm³/mol. The van der Waals surface area contributed by atoms with Crippen LogP contribution in [0.1, 0.15) is 25.3 Å². The van der Waals surface area contributed by atoms with Crippen LogP contribution >= 0.6 is 0 Å². The highest BCUT2D eigenvalue weighted by Gasteiger charge is 2.16. The average Bonchev–Trinajstić information content (AvgIpc) is 2.81. The first-order valence-corrected chi connectivity index (χ1v) is 10.3. The zero-order chi connectivity index (χ0) is 22.8. The Balaban J connectivity index is 1.65. The van der Waals surface area contributed by atoms with Gasteiger partial charge in [0.25, 0.3) is 5.56 Å². The fraction of sp³-hybridized carbons (Fsp3) is 0.208. The van der Waals surface area contributed by atoms with Gasteiger partial charge < -0.3 is 5.32 Å². The normalized spacial score (nSPS) is 11.1. The van der Waals surface area contributed by atoms with E-state index in [1.165, 1.54) is 17.8 Å². The number of carbonyl (C=O) groups excluding carboxylic acids is 1. The SMILES string of the molecule is CC(C)c1ccc(NC(=O)Cn2c(=O)c3cnc(-c4ccccc4)nc3n(C)c2=O)cc1. The van der Waals surface area contributed by atoms with Crippen LogP contribution in [0.5, 0.6) is 0 Å². The number of hydrogen-bond donors (Lipinski definition) is 1. The molecule has 2 heterocycles. The summed E-state index contributed by atoms with van der Waals surface area (Å²) in [5, 5.41) is 2.90. The lowest BCUT2D eigenvalue weighted by Crippen LogP contribution is -2.42. The van der Waals surface area contributed by atoms with Crippen LogP contribution in [0, 0.1) is 0 Å². The zero-order valence-corrected chi connectivity index (χ0v) is 18.1. The molecule has 0 aliphatic rings. The Morgan fingerprint density at radius 1 is 1.03 bits per heavy atom. The number of carbonyl (C=O) groups is 1. The van der Waals surface area contributed by atoms with Gasteiger partial charge in [0.15, 0.2) is 11.5 Å². The van der Waals surface area contributed by atoms with Crippen LogP contribution in [0.25, 0.3) is 22.4 Å². The summed E-state index contributed by atoms with van der Waals surface area (Å²) >= 11 is 0. The van der Waals surface area contributed by atoms with E-state index >= 15 is 0 Å². The van der Waals surface area contributed by atoms with Crippen molar-refractivity contribution in [2.45, 2.75) is 26.3 Å². The molecule has 0 spiro atoms. The second-order valence-electron chi connectivity index (χ2n) is 7.85. The minimum Gasteiger partial charge on any atom is -0.325 e. The molecular weight excluding hydrogens is 406 g/mol. The van der Waals surface area contributed by atoms with E-state index in [4.69, 9.17) is 0 Å². The molecule has 0 unspecified atom stereocenters. The van der Waals surface area contributed by atoms with Crippen LogP contribution < -0.4 is 16.6 Å². The molecule has 4 aromatic rings. The summed E-state index contributed by atoms with van der Waals surface area (Å²) in [5.74, 6) is 0.319. The fourth-order valence-electron chi connectivity index (χ4n) is 3.44. The van der Waals surface area contributed by atoms with Gasteiger partial charge in [0.1, 0.15) is 11.9 Å². The summed E-state index contributed by atoms with van der Waals surface area (Å²) in [6, 6.07) is 16.7. The summed E-state index contributed by atoms with van der Waals surface area (Å²) in [6.45, 7) is 3.76. The Labute approximate surface area is 184 Å². The third-order valence-electron chi connectivity index (χ3n) is 5.27. The van der Waals surface area contributed by atoms with Gasteiger partial charge >= 0.3 is 5.69 Å². The Hall–Kier alpha value is -4.07. The van der Waals surface area contributed by atoms with Gasteiger partial charge in [0.05, 0.1) is 0 Å². The van der Waals surface area contributed by atoms with E-state index in [1.807, 2.05) is 42.5 Å². The molecular formula is C24H23N5O3. The van der Waals surface area contributed by atoms with Crippen molar-refractivity contribution < 1.29 is 4.79 Å². The summed E-state index contributed by atoms with van der Waals surface area (Å²) < 4.78 is 2.15. The zero-order valence-electron chi connectivity index (χ0n) is 18.1. The summed E-state index contributed by atoms with van der Waals surface area (Å²) in [6.07, 6.45) is 1.39. The van der Waals surface area contributed by atoms with Crippen molar-refractivity contribution in [2.75, 3.05) is 5.32 Å². The second kappa shape index (κ2) is 8.58. The smallest absolute Gasteiger partial charge is 0.325 e. The van der Waals surface area contributed by atoms with E-state index in [0.29, 0.717) is 17.4 Å². The molecule has 0 aliphatic carbocycles. The van der Waals surface area contributed by atoms with Gasteiger partial charge in [-0.2, -0.15) is 0 Å². The molecule has 8 heteroatoms. The number of benzene rings is 2. The standard InChI is InChI=1S/C24H23N5O3/c1-15(2)16-9-11-18(12-10-16)26-20(30)14-29-23(31)19-13-25-21(17-7-5-4-6-8-17)27-22(19)28(3)24(29)32/h4-13,15H,14H2,1-3H3,(H,26,30). The second-order valence-corrected chi connectivity index (χ2v) is 7.85. The van der Waals surface area contributed by atoms with Crippen molar-refractivity contribution in [1.82, 2.24) is 19.1 Å². The first kappa shape index (κ1) is 21.2. The third kappa shape index (κ3) is 4.07. The fourth-order valence-corrected chi connectivity index (χ4v) is 3.44. The van der Waals surface area contributed by atoms with Crippen molar-refractivity contribution in [2.24, 2.45) is 7.05 Å². The minimum atomic E-state index is -0.620. The number of fused-ring (bicyclic) bond motifs is 1. The maximum absolute atomic E-state index is 12.9. The molecule has 162 valence electrons. The number of amides is 1. The number of aryl methyl sites for hydroxylation is 1. The molecule has 0 bridgehead atoms. The lowest BCUT2D eigenvalue weighted by molar-refractivity contribution is -0.116. The average molecular weight is 429 g/mol. The van der Waals surface area contributed by atoms with Gasteiger partial charge in [-0.1, -0.05) is 56.3 Å². The maximum atomic E-state index is 12.9. The van der Waals surface area contributed by atoms with Crippen molar-refractivity contribution in [3.05, 3.63) is 87.2 Å². The van der Waals surface area contributed by atoms with Crippen molar-refractivity contribution >= 4 is 22.6 Å². The van der Waals surface area contributed by atoms with E-state index < -0.39 is 23.7 Å².